The molecule has 3 N–H and O–H groups in total. The first kappa shape index (κ1) is 15.0. The van der Waals surface area contributed by atoms with Crippen molar-refractivity contribution in [1.82, 2.24) is 9.88 Å². The molecule has 1 aromatic rings. The van der Waals surface area contributed by atoms with Gasteiger partial charge < -0.3 is 16.0 Å². The van der Waals surface area contributed by atoms with Crippen molar-refractivity contribution >= 4 is 28.8 Å². The second-order valence-electron chi connectivity index (χ2n) is 4.91. The number of halogens is 2. The molecular weight excluding hydrogens is 287 g/mol. The van der Waals surface area contributed by atoms with E-state index in [1.165, 1.54) is 13.0 Å². The van der Waals surface area contributed by atoms with Crippen LogP contribution in [0.5, 0.6) is 0 Å². The van der Waals surface area contributed by atoms with Crippen LogP contribution in [-0.4, -0.2) is 42.6 Å². The van der Waals surface area contributed by atoms with E-state index >= 15 is 0 Å². The molecule has 0 aliphatic carbocycles. The summed E-state index contributed by atoms with van der Waals surface area (Å²) in [5.41, 5.74) is 5.67. The molecule has 0 spiro atoms. The van der Waals surface area contributed by atoms with Crippen LogP contribution in [0.1, 0.15) is 19.3 Å². The Hall–Kier alpha value is -0.430. The molecule has 0 amide bonds. The SMILES string of the molecule is NCC1CCN(CCCCNc2nc(F)sc2Cl)C1. The fourth-order valence-electron chi connectivity index (χ4n) is 2.36. The number of aromatic nitrogens is 1. The van der Waals surface area contributed by atoms with Crippen LogP contribution in [0, 0.1) is 11.2 Å². The second-order valence-corrected chi connectivity index (χ2v) is 6.47. The van der Waals surface area contributed by atoms with Crippen molar-refractivity contribution in [2.45, 2.75) is 19.3 Å². The molecule has 2 heterocycles. The third-order valence-corrected chi connectivity index (χ3v) is 4.50. The first-order chi connectivity index (χ1) is 9.19. The zero-order chi connectivity index (χ0) is 13.7. The number of anilines is 1. The average Bonchev–Trinajstić information content (AvgIpc) is 2.96. The molecule has 1 aromatic heterocycles. The molecule has 0 radical (unpaired) electrons. The number of thiazole rings is 1. The molecule has 1 fully saturated rings. The Balaban J connectivity index is 1.56. The van der Waals surface area contributed by atoms with Crippen molar-refractivity contribution in [1.29, 1.82) is 0 Å². The summed E-state index contributed by atoms with van der Waals surface area (Å²) in [6.07, 6.45) is 3.37. The summed E-state index contributed by atoms with van der Waals surface area (Å²) in [6.45, 7) is 4.98. The largest absolute Gasteiger partial charge is 0.368 e. The van der Waals surface area contributed by atoms with Gasteiger partial charge in [0.15, 0.2) is 5.82 Å². The van der Waals surface area contributed by atoms with Crippen LogP contribution in [0.15, 0.2) is 0 Å². The molecule has 1 saturated heterocycles. The topological polar surface area (TPSA) is 54.2 Å². The molecule has 0 bridgehead atoms. The smallest absolute Gasteiger partial charge is 0.272 e. The predicted octanol–water partition coefficient (Wildman–Crippen LogP) is 2.41. The van der Waals surface area contributed by atoms with Gasteiger partial charge in [-0.05, 0) is 44.8 Å². The first-order valence-corrected chi connectivity index (χ1v) is 7.86. The van der Waals surface area contributed by atoms with Crippen molar-refractivity contribution in [3.8, 4) is 0 Å². The van der Waals surface area contributed by atoms with Crippen molar-refractivity contribution in [3.63, 3.8) is 0 Å². The zero-order valence-corrected chi connectivity index (χ0v) is 12.4. The molecule has 1 aliphatic rings. The van der Waals surface area contributed by atoms with Gasteiger partial charge in [0.1, 0.15) is 4.34 Å². The van der Waals surface area contributed by atoms with Gasteiger partial charge in [0.25, 0.3) is 5.26 Å². The molecule has 1 atom stereocenters. The lowest BCUT2D eigenvalue weighted by atomic mass is 10.1. The summed E-state index contributed by atoms with van der Waals surface area (Å²) in [6, 6.07) is 0. The van der Waals surface area contributed by atoms with E-state index < -0.39 is 5.26 Å². The van der Waals surface area contributed by atoms with Gasteiger partial charge in [0.2, 0.25) is 0 Å². The second kappa shape index (κ2) is 7.38. The van der Waals surface area contributed by atoms with E-state index in [1.54, 1.807) is 0 Å². The maximum Gasteiger partial charge on any atom is 0.272 e. The summed E-state index contributed by atoms with van der Waals surface area (Å²) in [4.78, 5) is 6.16. The number of nitrogens with zero attached hydrogens (tertiary/aromatic N) is 2. The van der Waals surface area contributed by atoms with E-state index in [-0.39, 0.29) is 0 Å². The highest BCUT2D eigenvalue weighted by Crippen LogP contribution is 2.27. The first-order valence-electron chi connectivity index (χ1n) is 6.67. The molecule has 0 aromatic carbocycles. The zero-order valence-electron chi connectivity index (χ0n) is 10.9. The highest BCUT2D eigenvalue weighted by molar-refractivity contribution is 7.15. The molecule has 19 heavy (non-hydrogen) atoms. The Morgan fingerprint density at radius 3 is 3.00 bits per heavy atom. The molecule has 1 unspecified atom stereocenters. The molecule has 108 valence electrons. The Labute approximate surface area is 122 Å². The monoisotopic (exact) mass is 306 g/mol. The number of likely N-dealkylation sites (tertiary alicyclic amines) is 1. The molecular formula is C12H20ClFN4S. The van der Waals surface area contributed by atoms with Gasteiger partial charge in [-0.2, -0.15) is 9.37 Å². The Kier molecular flexibility index (Phi) is 5.81. The molecule has 0 saturated carbocycles. The van der Waals surface area contributed by atoms with Gasteiger partial charge in [-0.15, -0.1) is 0 Å². The predicted molar refractivity (Wildman–Crippen MR) is 78.4 cm³/mol. The van der Waals surface area contributed by atoms with E-state index in [0.29, 0.717) is 16.1 Å². The third-order valence-electron chi connectivity index (χ3n) is 3.46. The minimum absolute atomic E-state index is 0.392. The molecule has 4 nitrogen and oxygen atoms in total. The van der Waals surface area contributed by atoms with Crippen LogP contribution in [0.4, 0.5) is 10.2 Å². The van der Waals surface area contributed by atoms with Crippen LogP contribution in [0.25, 0.3) is 0 Å². The molecule has 2 rings (SSSR count). The van der Waals surface area contributed by atoms with E-state index in [4.69, 9.17) is 17.3 Å². The van der Waals surface area contributed by atoms with Crippen LogP contribution in [0.2, 0.25) is 4.34 Å². The fourth-order valence-corrected chi connectivity index (χ4v) is 3.16. The van der Waals surface area contributed by atoms with Crippen molar-refractivity contribution in [3.05, 3.63) is 9.60 Å². The minimum Gasteiger partial charge on any atom is -0.368 e. The number of nitrogens with one attached hydrogen (secondary N) is 1. The highest BCUT2D eigenvalue weighted by atomic mass is 35.5. The van der Waals surface area contributed by atoms with Gasteiger partial charge in [-0.3, -0.25) is 0 Å². The average molecular weight is 307 g/mol. The normalized spacial score (nSPS) is 20.1. The lowest BCUT2D eigenvalue weighted by molar-refractivity contribution is 0.319. The van der Waals surface area contributed by atoms with E-state index in [2.05, 4.69) is 15.2 Å². The summed E-state index contributed by atoms with van der Waals surface area (Å²) in [5.74, 6) is 1.14. The number of unbranched alkanes of at least 4 members (excludes halogenated alkanes) is 1. The quantitative estimate of drug-likeness (QED) is 0.760. The van der Waals surface area contributed by atoms with Gasteiger partial charge in [-0.1, -0.05) is 22.9 Å². The number of hydrogen-bond donors (Lipinski definition) is 2. The summed E-state index contributed by atoms with van der Waals surface area (Å²) in [7, 11) is 0. The van der Waals surface area contributed by atoms with Gasteiger partial charge >= 0.3 is 0 Å². The third kappa shape index (κ3) is 4.56. The van der Waals surface area contributed by atoms with Crippen molar-refractivity contribution < 1.29 is 4.39 Å². The summed E-state index contributed by atoms with van der Waals surface area (Å²) >= 11 is 6.69. The van der Waals surface area contributed by atoms with Crippen LogP contribution >= 0.6 is 22.9 Å². The maximum absolute atomic E-state index is 12.8. The number of rotatable bonds is 7. The fraction of sp³-hybridized carbons (Fsp3) is 0.750. The number of hydrogen-bond acceptors (Lipinski definition) is 5. The van der Waals surface area contributed by atoms with Crippen LogP contribution in [-0.2, 0) is 0 Å². The van der Waals surface area contributed by atoms with E-state index in [0.717, 1.165) is 50.4 Å². The van der Waals surface area contributed by atoms with Crippen LogP contribution in [0.3, 0.4) is 0 Å². The van der Waals surface area contributed by atoms with E-state index in [1.807, 2.05) is 0 Å². The Morgan fingerprint density at radius 2 is 2.37 bits per heavy atom. The summed E-state index contributed by atoms with van der Waals surface area (Å²) < 4.78 is 13.2. The Bertz CT molecular complexity index is 401. The molecule has 1 aliphatic heterocycles. The maximum atomic E-state index is 12.8. The standard InChI is InChI=1S/C12H20ClFN4S/c13-10-11(17-12(14)19-10)16-4-1-2-5-18-6-3-9(7-15)8-18/h9,16H,1-8,15H2. The minimum atomic E-state index is -0.489. The lowest BCUT2D eigenvalue weighted by Gasteiger charge is -2.15. The van der Waals surface area contributed by atoms with E-state index in [9.17, 15) is 4.39 Å². The van der Waals surface area contributed by atoms with Crippen LogP contribution < -0.4 is 11.1 Å². The molecule has 7 heteroatoms. The highest BCUT2D eigenvalue weighted by Gasteiger charge is 2.20. The van der Waals surface area contributed by atoms with Gasteiger partial charge in [-0.25, -0.2) is 0 Å². The van der Waals surface area contributed by atoms with Crippen molar-refractivity contribution in [2.75, 3.05) is 38.0 Å². The number of nitrogens with two attached hydrogens (primary N) is 1. The lowest BCUT2D eigenvalue weighted by Crippen LogP contribution is -2.24. The van der Waals surface area contributed by atoms with Crippen molar-refractivity contribution in [2.24, 2.45) is 11.7 Å². The van der Waals surface area contributed by atoms with Gasteiger partial charge in [0, 0.05) is 13.1 Å². The summed E-state index contributed by atoms with van der Waals surface area (Å²) in [5, 5.41) is 2.58. The Morgan fingerprint density at radius 1 is 1.53 bits per heavy atom. The van der Waals surface area contributed by atoms with Gasteiger partial charge in [0.05, 0.1) is 0 Å².